The van der Waals surface area contributed by atoms with E-state index in [-0.39, 0.29) is 42.3 Å². The summed E-state index contributed by atoms with van der Waals surface area (Å²) in [7, 11) is 0. The Morgan fingerprint density at radius 1 is 0.970 bits per heavy atom. The molecule has 5 atom stereocenters. The Labute approximate surface area is 198 Å². The van der Waals surface area contributed by atoms with Crippen molar-refractivity contribution in [2.24, 2.45) is 5.41 Å². The Morgan fingerprint density at radius 2 is 1.48 bits per heavy atom. The number of ketones is 2. The molecule has 10 nitrogen and oxygen atoms in total. The predicted octanol–water partition coefficient (Wildman–Crippen LogP) is 1.26. The predicted molar refractivity (Wildman–Crippen MR) is 118 cm³/mol. The first-order valence-corrected chi connectivity index (χ1v) is 11.1. The van der Waals surface area contributed by atoms with Gasteiger partial charge in [-0.25, -0.2) is 0 Å². The maximum Gasteiger partial charge on any atom is 0.303 e. The van der Waals surface area contributed by atoms with Gasteiger partial charge in [0.05, 0.1) is 5.57 Å². The molecule has 2 aliphatic rings. The van der Waals surface area contributed by atoms with Crippen LogP contribution in [0.5, 0.6) is 0 Å². The number of nitrogens with one attached hydrogen (secondary N) is 1. The molecule has 184 valence electrons. The van der Waals surface area contributed by atoms with E-state index in [1.807, 2.05) is 13.8 Å². The van der Waals surface area contributed by atoms with Gasteiger partial charge in [0, 0.05) is 39.3 Å². The number of Topliss-reactive ketones (excluding diaryl/α,β-unsaturated/α-hetero) is 2. The highest BCUT2D eigenvalue weighted by Crippen LogP contribution is 2.35. The van der Waals surface area contributed by atoms with E-state index in [9.17, 15) is 24.0 Å². The van der Waals surface area contributed by atoms with Crippen molar-refractivity contribution in [2.75, 3.05) is 6.61 Å². The first-order chi connectivity index (χ1) is 15.2. The highest BCUT2D eigenvalue weighted by Gasteiger charge is 2.50. The van der Waals surface area contributed by atoms with Gasteiger partial charge < -0.3 is 24.3 Å². The zero-order valence-corrected chi connectivity index (χ0v) is 20.5. The lowest BCUT2D eigenvalue weighted by Gasteiger charge is -2.44. The molecular weight excluding hydrogens is 454 g/mol. The molecule has 2 fully saturated rings. The normalized spacial score (nSPS) is 29.2. The first kappa shape index (κ1) is 26.8. The molecule has 0 aromatic carbocycles. The van der Waals surface area contributed by atoms with E-state index < -0.39 is 53.1 Å². The fraction of sp³-hybridized carbons (Fsp3) is 0.682. The third-order valence-electron chi connectivity index (χ3n) is 5.31. The molecule has 1 aliphatic heterocycles. The number of hydrogen-bond acceptors (Lipinski definition) is 11. The van der Waals surface area contributed by atoms with E-state index in [0.29, 0.717) is 0 Å². The average molecular weight is 486 g/mol. The summed E-state index contributed by atoms with van der Waals surface area (Å²) in [6.45, 7) is 8.59. The lowest BCUT2D eigenvalue weighted by molar-refractivity contribution is -0.211. The van der Waals surface area contributed by atoms with Crippen molar-refractivity contribution in [3.8, 4) is 0 Å². The van der Waals surface area contributed by atoms with Gasteiger partial charge in [0.1, 0.15) is 24.2 Å². The fourth-order valence-corrected chi connectivity index (χ4v) is 4.48. The Bertz CT molecular complexity index is 844. The number of carbonyl (C=O) groups is 5. The summed E-state index contributed by atoms with van der Waals surface area (Å²) in [5, 5.41) is 3.03. The lowest BCUT2D eigenvalue weighted by atomic mass is 9.73. The molecule has 0 spiro atoms. The van der Waals surface area contributed by atoms with E-state index in [1.165, 1.54) is 20.8 Å². The van der Waals surface area contributed by atoms with Gasteiger partial charge in [-0.3, -0.25) is 24.0 Å². The molecule has 1 N–H and O–H groups in total. The van der Waals surface area contributed by atoms with Gasteiger partial charge in [-0.1, -0.05) is 13.8 Å². The van der Waals surface area contributed by atoms with Crippen LogP contribution in [-0.2, 0) is 42.9 Å². The largest absolute Gasteiger partial charge is 0.463 e. The van der Waals surface area contributed by atoms with Gasteiger partial charge in [-0.05, 0) is 12.3 Å². The number of thiol groups is 1. The Morgan fingerprint density at radius 3 is 1.97 bits per heavy atom. The number of rotatable bonds is 6. The zero-order chi connectivity index (χ0) is 25.1. The van der Waals surface area contributed by atoms with Crippen LogP contribution in [0.25, 0.3) is 0 Å². The third kappa shape index (κ3) is 7.04. The van der Waals surface area contributed by atoms with Crippen LogP contribution in [0.4, 0.5) is 0 Å². The van der Waals surface area contributed by atoms with Crippen molar-refractivity contribution in [3.63, 3.8) is 0 Å². The van der Waals surface area contributed by atoms with Crippen LogP contribution in [0.3, 0.4) is 0 Å². The molecule has 0 amide bonds. The van der Waals surface area contributed by atoms with E-state index in [4.69, 9.17) is 18.9 Å². The number of allylic oxidation sites excluding steroid dienone is 2. The molecule has 0 radical (unpaired) electrons. The van der Waals surface area contributed by atoms with Crippen LogP contribution >= 0.6 is 12.6 Å². The van der Waals surface area contributed by atoms with Gasteiger partial charge in [0.15, 0.2) is 23.8 Å². The smallest absolute Gasteiger partial charge is 0.303 e. The molecule has 0 aromatic heterocycles. The monoisotopic (exact) mass is 485 g/mol. The third-order valence-corrected chi connectivity index (χ3v) is 5.76. The number of ether oxygens (including phenoxy) is 4. The lowest BCUT2D eigenvalue weighted by Crippen LogP contribution is -2.64. The van der Waals surface area contributed by atoms with Crippen LogP contribution in [0.2, 0.25) is 0 Å². The van der Waals surface area contributed by atoms with E-state index in [1.54, 1.807) is 6.92 Å². The topological polar surface area (TPSA) is 134 Å². The minimum Gasteiger partial charge on any atom is -0.463 e. The van der Waals surface area contributed by atoms with Gasteiger partial charge in [0.25, 0.3) is 0 Å². The Kier molecular flexibility index (Phi) is 8.69. The van der Waals surface area contributed by atoms with Crippen molar-refractivity contribution >= 4 is 42.1 Å². The average Bonchev–Trinajstić information content (AvgIpc) is 2.62. The highest BCUT2D eigenvalue weighted by molar-refractivity contribution is 7.80. The minimum absolute atomic E-state index is 0.0440. The molecule has 1 saturated heterocycles. The summed E-state index contributed by atoms with van der Waals surface area (Å²) in [4.78, 5) is 60.3. The fourth-order valence-electron chi connectivity index (χ4n) is 4.08. The van der Waals surface area contributed by atoms with Gasteiger partial charge in [0.2, 0.25) is 0 Å². The molecular formula is C22H31NO9S. The molecule has 1 heterocycles. The second-order valence-corrected chi connectivity index (χ2v) is 9.56. The SMILES string of the molecule is CC(=O)OC[C@H]1O[C@@H](S)[C@H](NC(C)=C2C(=O)CC(C)(C)CC2=O)[C@@H](OC(C)=O)[C@@H]1OC(C)=O. The molecule has 33 heavy (non-hydrogen) atoms. The minimum atomic E-state index is -1.14. The number of esters is 3. The van der Waals surface area contributed by atoms with E-state index >= 15 is 0 Å². The molecule has 0 bridgehead atoms. The zero-order valence-electron chi connectivity index (χ0n) is 19.6. The van der Waals surface area contributed by atoms with Crippen molar-refractivity contribution in [2.45, 2.75) is 84.2 Å². The van der Waals surface area contributed by atoms with Crippen molar-refractivity contribution in [1.29, 1.82) is 0 Å². The van der Waals surface area contributed by atoms with Crippen molar-refractivity contribution in [3.05, 3.63) is 11.3 Å². The first-order valence-electron chi connectivity index (χ1n) is 10.6. The summed E-state index contributed by atoms with van der Waals surface area (Å²) >= 11 is 4.43. The van der Waals surface area contributed by atoms with Crippen LogP contribution in [-0.4, -0.2) is 65.9 Å². The van der Waals surface area contributed by atoms with E-state index in [0.717, 1.165) is 0 Å². The molecule has 2 rings (SSSR count). The van der Waals surface area contributed by atoms with Crippen LogP contribution in [0.1, 0.15) is 54.4 Å². The number of hydrogen-bond donors (Lipinski definition) is 2. The van der Waals surface area contributed by atoms with Crippen molar-refractivity contribution < 1.29 is 42.9 Å². The summed E-state index contributed by atoms with van der Waals surface area (Å²) < 4.78 is 21.6. The van der Waals surface area contributed by atoms with Crippen molar-refractivity contribution in [1.82, 2.24) is 5.32 Å². The standard InChI is InChI=1S/C22H31NO9S/c1-10(17-14(27)7-22(5,6)8-15(17)28)23-18-20(31-13(4)26)19(30-12(3)25)16(32-21(18)33)9-29-11(2)24/h16,18-21,23,33H,7-9H2,1-6H3/t16-,18-,19-,20-,21+/m1/s1. The molecule has 1 aliphatic carbocycles. The molecule has 11 heteroatoms. The van der Waals surface area contributed by atoms with Crippen LogP contribution in [0, 0.1) is 5.41 Å². The Hall–Kier alpha value is -2.40. The second-order valence-electron chi connectivity index (χ2n) is 9.05. The maximum atomic E-state index is 12.7. The molecule has 0 aromatic rings. The Balaban J connectivity index is 2.39. The van der Waals surface area contributed by atoms with Gasteiger partial charge >= 0.3 is 17.9 Å². The highest BCUT2D eigenvalue weighted by atomic mass is 32.1. The summed E-state index contributed by atoms with van der Waals surface area (Å²) in [5.41, 5.74) is -1.03. The summed E-state index contributed by atoms with van der Waals surface area (Å²) in [6, 6.07) is -0.891. The second kappa shape index (κ2) is 10.7. The molecule has 1 saturated carbocycles. The molecule has 0 unspecified atom stereocenters. The summed E-state index contributed by atoms with van der Waals surface area (Å²) in [6.07, 6.45) is -2.78. The number of carbonyl (C=O) groups excluding carboxylic acids is 5. The van der Waals surface area contributed by atoms with Crippen LogP contribution < -0.4 is 5.32 Å². The quantitative estimate of drug-likeness (QED) is 0.186. The van der Waals surface area contributed by atoms with Gasteiger partial charge in [-0.2, -0.15) is 0 Å². The summed E-state index contributed by atoms with van der Waals surface area (Å²) in [5.74, 6) is -2.48. The van der Waals surface area contributed by atoms with E-state index in [2.05, 4.69) is 17.9 Å². The van der Waals surface area contributed by atoms with Gasteiger partial charge in [-0.15, -0.1) is 12.6 Å². The van der Waals surface area contributed by atoms with Crippen LogP contribution in [0.15, 0.2) is 11.3 Å². The maximum absolute atomic E-state index is 12.7.